The fraction of sp³-hybridized carbons (Fsp3) is 0.750. The first kappa shape index (κ1) is 16.2. The van der Waals surface area contributed by atoms with Gasteiger partial charge in [0.1, 0.15) is 0 Å². The van der Waals surface area contributed by atoms with E-state index in [2.05, 4.69) is 48.0 Å². The normalized spacial score (nSPS) is 16.4. The van der Waals surface area contributed by atoms with Crippen molar-refractivity contribution in [2.24, 2.45) is 5.92 Å². The van der Waals surface area contributed by atoms with Crippen LogP contribution in [0, 0.1) is 12.8 Å². The number of rotatable bonds is 6. The second-order valence-electron chi connectivity index (χ2n) is 6.26. The van der Waals surface area contributed by atoms with E-state index in [-0.39, 0.29) is 0 Å². The van der Waals surface area contributed by atoms with Crippen LogP contribution in [0.2, 0.25) is 0 Å². The molecule has 0 amide bonds. The summed E-state index contributed by atoms with van der Waals surface area (Å²) >= 11 is 0. The van der Waals surface area contributed by atoms with Crippen molar-refractivity contribution >= 4 is 5.95 Å². The Hall–Kier alpha value is -1.20. The Morgan fingerprint density at radius 1 is 1.38 bits per heavy atom. The summed E-state index contributed by atoms with van der Waals surface area (Å²) in [5.74, 6) is 1.48. The van der Waals surface area contributed by atoms with Gasteiger partial charge in [-0.05, 0) is 32.2 Å². The van der Waals surface area contributed by atoms with Crippen molar-refractivity contribution in [3.05, 3.63) is 17.5 Å². The molecule has 5 nitrogen and oxygen atoms in total. The van der Waals surface area contributed by atoms with Crippen molar-refractivity contribution < 1.29 is 4.74 Å². The van der Waals surface area contributed by atoms with Gasteiger partial charge < -0.3 is 15.0 Å². The summed E-state index contributed by atoms with van der Waals surface area (Å²) in [6.07, 6.45) is 4.06. The average Bonchev–Trinajstić information content (AvgIpc) is 2.48. The molecule has 1 saturated heterocycles. The van der Waals surface area contributed by atoms with Crippen LogP contribution in [0.5, 0.6) is 0 Å². The molecule has 1 aromatic rings. The van der Waals surface area contributed by atoms with Crippen molar-refractivity contribution in [1.29, 1.82) is 0 Å². The molecule has 21 heavy (non-hydrogen) atoms. The van der Waals surface area contributed by atoms with Gasteiger partial charge in [-0.25, -0.2) is 9.97 Å². The maximum Gasteiger partial charge on any atom is 0.225 e. The third-order valence-corrected chi connectivity index (χ3v) is 3.99. The van der Waals surface area contributed by atoms with Crippen LogP contribution in [0.1, 0.15) is 37.9 Å². The van der Waals surface area contributed by atoms with E-state index < -0.39 is 0 Å². The Balaban J connectivity index is 1.97. The maximum atomic E-state index is 5.42. The smallest absolute Gasteiger partial charge is 0.225 e. The number of hydrogen-bond donors (Lipinski definition) is 1. The molecule has 0 spiro atoms. The van der Waals surface area contributed by atoms with E-state index in [4.69, 9.17) is 4.74 Å². The number of hydrogen-bond acceptors (Lipinski definition) is 5. The van der Waals surface area contributed by atoms with Gasteiger partial charge in [-0.15, -0.1) is 0 Å². The van der Waals surface area contributed by atoms with Crippen molar-refractivity contribution in [1.82, 2.24) is 15.3 Å². The highest BCUT2D eigenvalue weighted by atomic mass is 16.5. The Labute approximate surface area is 128 Å². The molecule has 0 saturated carbocycles. The summed E-state index contributed by atoms with van der Waals surface area (Å²) < 4.78 is 5.42. The Morgan fingerprint density at radius 2 is 2.10 bits per heavy atom. The number of ether oxygens (including phenoxy) is 1. The molecule has 1 fully saturated rings. The summed E-state index contributed by atoms with van der Waals surface area (Å²) in [6, 6.07) is 0.489. The lowest BCUT2D eigenvalue weighted by molar-refractivity contribution is 0.0852. The van der Waals surface area contributed by atoms with Crippen LogP contribution in [-0.2, 0) is 11.3 Å². The molecule has 0 aromatic carbocycles. The minimum absolute atomic E-state index is 0.489. The number of aromatic nitrogens is 2. The van der Waals surface area contributed by atoms with Gasteiger partial charge in [0.2, 0.25) is 5.95 Å². The van der Waals surface area contributed by atoms with Gasteiger partial charge in [-0.1, -0.05) is 13.8 Å². The number of anilines is 1. The monoisotopic (exact) mass is 292 g/mol. The van der Waals surface area contributed by atoms with E-state index >= 15 is 0 Å². The molecule has 1 aliphatic rings. The van der Waals surface area contributed by atoms with Gasteiger partial charge in [0, 0.05) is 50.3 Å². The van der Waals surface area contributed by atoms with Crippen molar-refractivity contribution in [3.8, 4) is 0 Å². The fourth-order valence-electron chi connectivity index (χ4n) is 2.55. The second kappa shape index (κ2) is 7.71. The molecule has 2 heterocycles. The fourth-order valence-corrected chi connectivity index (χ4v) is 2.55. The first-order valence-corrected chi connectivity index (χ1v) is 7.91. The summed E-state index contributed by atoms with van der Waals surface area (Å²) in [7, 11) is 2.08. The van der Waals surface area contributed by atoms with E-state index in [1.54, 1.807) is 0 Å². The van der Waals surface area contributed by atoms with Crippen molar-refractivity contribution in [3.63, 3.8) is 0 Å². The Bertz CT molecular complexity index is 444. The van der Waals surface area contributed by atoms with Crippen LogP contribution in [0.3, 0.4) is 0 Å². The summed E-state index contributed by atoms with van der Waals surface area (Å²) in [6.45, 7) is 10.0. The quantitative estimate of drug-likeness (QED) is 0.870. The maximum absolute atomic E-state index is 5.42. The third kappa shape index (κ3) is 4.64. The van der Waals surface area contributed by atoms with Crippen LogP contribution in [0.4, 0.5) is 5.95 Å². The van der Waals surface area contributed by atoms with Crippen molar-refractivity contribution in [2.45, 2.75) is 46.2 Å². The highest BCUT2D eigenvalue weighted by Gasteiger charge is 2.20. The second-order valence-corrected chi connectivity index (χ2v) is 6.26. The molecule has 0 aliphatic carbocycles. The minimum Gasteiger partial charge on any atom is -0.381 e. The highest BCUT2D eigenvalue weighted by molar-refractivity contribution is 5.33. The molecule has 0 bridgehead atoms. The molecule has 5 heteroatoms. The number of aryl methyl sites for hydroxylation is 1. The molecular weight excluding hydrogens is 264 g/mol. The van der Waals surface area contributed by atoms with E-state index in [1.165, 1.54) is 5.56 Å². The molecule has 0 unspecified atom stereocenters. The topological polar surface area (TPSA) is 50.3 Å². The Kier molecular flexibility index (Phi) is 5.94. The number of nitrogens with zero attached hydrogens (tertiary/aromatic N) is 3. The molecule has 0 atom stereocenters. The lowest BCUT2D eigenvalue weighted by Crippen LogP contribution is -2.37. The minimum atomic E-state index is 0.489. The zero-order chi connectivity index (χ0) is 15.2. The molecule has 118 valence electrons. The predicted molar refractivity (Wildman–Crippen MR) is 85.6 cm³/mol. The SMILES string of the molecule is Cc1nc(N(C)C2CCOCC2)ncc1CNCC(C)C. The van der Waals surface area contributed by atoms with E-state index in [0.717, 1.165) is 50.8 Å². The molecule has 0 radical (unpaired) electrons. The van der Waals surface area contributed by atoms with Crippen LogP contribution in [0.15, 0.2) is 6.20 Å². The summed E-state index contributed by atoms with van der Waals surface area (Å²) in [5.41, 5.74) is 2.25. The third-order valence-electron chi connectivity index (χ3n) is 3.99. The summed E-state index contributed by atoms with van der Waals surface area (Å²) in [5, 5.41) is 3.44. The van der Waals surface area contributed by atoms with Gasteiger partial charge >= 0.3 is 0 Å². The summed E-state index contributed by atoms with van der Waals surface area (Å²) in [4.78, 5) is 11.4. The standard InChI is InChI=1S/C16H28N4O/c1-12(2)9-17-10-14-11-18-16(19-13(14)3)20(4)15-5-7-21-8-6-15/h11-12,15,17H,5-10H2,1-4H3. The average molecular weight is 292 g/mol. The zero-order valence-electron chi connectivity index (χ0n) is 13.7. The lowest BCUT2D eigenvalue weighted by Gasteiger charge is -2.31. The molecule has 1 aromatic heterocycles. The first-order chi connectivity index (χ1) is 10.1. The van der Waals surface area contributed by atoms with Crippen molar-refractivity contribution in [2.75, 3.05) is 31.7 Å². The van der Waals surface area contributed by atoms with E-state index in [1.807, 2.05) is 6.20 Å². The van der Waals surface area contributed by atoms with E-state index in [9.17, 15) is 0 Å². The van der Waals surface area contributed by atoms with Gasteiger partial charge in [0.15, 0.2) is 0 Å². The first-order valence-electron chi connectivity index (χ1n) is 7.91. The molecule has 1 aliphatic heterocycles. The molecule has 2 rings (SSSR count). The largest absolute Gasteiger partial charge is 0.381 e. The van der Waals surface area contributed by atoms with Crippen LogP contribution in [-0.4, -0.2) is 42.8 Å². The number of nitrogens with one attached hydrogen (secondary N) is 1. The van der Waals surface area contributed by atoms with Gasteiger partial charge in [0.25, 0.3) is 0 Å². The van der Waals surface area contributed by atoms with Crippen LogP contribution < -0.4 is 10.2 Å². The predicted octanol–water partition coefficient (Wildman–Crippen LogP) is 2.15. The molecule has 1 N–H and O–H groups in total. The highest BCUT2D eigenvalue weighted by Crippen LogP contribution is 2.18. The zero-order valence-corrected chi connectivity index (χ0v) is 13.7. The molecular formula is C16H28N4O. The van der Waals surface area contributed by atoms with Crippen LogP contribution in [0.25, 0.3) is 0 Å². The van der Waals surface area contributed by atoms with Gasteiger partial charge in [-0.2, -0.15) is 0 Å². The van der Waals surface area contributed by atoms with Gasteiger partial charge in [0.05, 0.1) is 0 Å². The van der Waals surface area contributed by atoms with Crippen LogP contribution >= 0.6 is 0 Å². The van der Waals surface area contributed by atoms with E-state index in [0.29, 0.717) is 12.0 Å². The Morgan fingerprint density at radius 3 is 2.71 bits per heavy atom. The lowest BCUT2D eigenvalue weighted by atomic mass is 10.1. The van der Waals surface area contributed by atoms with Gasteiger partial charge in [-0.3, -0.25) is 0 Å².